The summed E-state index contributed by atoms with van der Waals surface area (Å²) in [7, 11) is -9.76. The lowest BCUT2D eigenvalue weighted by Gasteiger charge is -2.13. The first-order valence-electron chi connectivity index (χ1n) is 7.67. The molecule has 29 heavy (non-hydrogen) atoms. The van der Waals surface area contributed by atoms with Crippen LogP contribution in [-0.2, 0) is 39.6 Å². The van der Waals surface area contributed by atoms with Crippen LogP contribution >= 0.6 is 0 Å². The van der Waals surface area contributed by atoms with Crippen molar-refractivity contribution in [2.24, 2.45) is 0 Å². The first-order chi connectivity index (χ1) is 13.3. The van der Waals surface area contributed by atoms with Gasteiger partial charge in [0.25, 0.3) is 27.8 Å². The highest BCUT2D eigenvalue weighted by molar-refractivity contribution is 7.87. The molecule has 0 spiro atoms. The van der Waals surface area contributed by atoms with Gasteiger partial charge in [-0.3, -0.25) is 18.9 Å². The fourth-order valence-electron chi connectivity index (χ4n) is 2.21. The van der Waals surface area contributed by atoms with Crippen LogP contribution in [0, 0.1) is 0 Å². The van der Waals surface area contributed by atoms with E-state index in [0.717, 1.165) is 24.3 Å². The Balaban J connectivity index is 1.86. The number of imide groups is 1. The van der Waals surface area contributed by atoms with Crippen molar-refractivity contribution in [2.75, 3.05) is 6.54 Å². The third kappa shape index (κ3) is 5.55. The molecule has 1 heterocycles. The highest BCUT2D eigenvalue weighted by atomic mass is 32.3. The first-order valence-corrected chi connectivity index (χ1v) is 10.6. The maximum atomic E-state index is 12.8. The smallest absolute Gasteiger partial charge is 0.334 e. The van der Waals surface area contributed by atoms with Gasteiger partial charge >= 0.3 is 16.2 Å². The predicted octanol–water partition coefficient (Wildman–Crippen LogP) is -1.06. The summed E-state index contributed by atoms with van der Waals surface area (Å²) in [5.41, 5.74) is -0.0355. The summed E-state index contributed by atoms with van der Waals surface area (Å²) in [5.74, 6) is -4.45. The number of carbonyl (C=O) groups is 4. The van der Waals surface area contributed by atoms with Gasteiger partial charge in [-0.2, -0.15) is 16.8 Å². The molecular weight excluding hydrogens is 439 g/mol. The van der Waals surface area contributed by atoms with Gasteiger partial charge in [-0.25, -0.2) is 4.79 Å². The molecule has 1 fully saturated rings. The fraction of sp³-hybridized carbons (Fsp3) is 0.286. The minimum absolute atomic E-state index is 0.0355. The molecule has 3 amide bonds. The quantitative estimate of drug-likeness (QED) is 0.294. The first kappa shape index (κ1) is 22.4. The Morgan fingerprint density at radius 2 is 1.76 bits per heavy atom. The average Bonchev–Trinajstić information content (AvgIpc) is 2.89. The molecule has 0 saturated carbocycles. The molecule has 2 rings (SSSR count). The van der Waals surface area contributed by atoms with Gasteiger partial charge in [0.15, 0.2) is 5.25 Å². The summed E-state index contributed by atoms with van der Waals surface area (Å²) in [6, 6.07) is 3.82. The normalized spacial score (nSPS) is 17.3. The zero-order chi connectivity index (χ0) is 22.0. The number of rotatable bonds is 7. The lowest BCUT2D eigenvalue weighted by molar-refractivity contribution is -0.197. The molecule has 158 valence electrons. The van der Waals surface area contributed by atoms with E-state index in [2.05, 4.69) is 10.2 Å². The Kier molecular flexibility index (Phi) is 6.34. The number of benzene rings is 1. The number of hydroxylamine groups is 2. The Labute approximate surface area is 163 Å². The van der Waals surface area contributed by atoms with E-state index in [-0.39, 0.29) is 17.2 Å². The van der Waals surface area contributed by atoms with Crippen LogP contribution in [0.1, 0.15) is 23.2 Å². The van der Waals surface area contributed by atoms with Gasteiger partial charge in [0, 0.05) is 12.1 Å². The summed E-state index contributed by atoms with van der Waals surface area (Å²) in [6.45, 7) is -0.321. The fourth-order valence-corrected chi connectivity index (χ4v) is 3.37. The zero-order valence-electron chi connectivity index (χ0n) is 14.3. The molecule has 0 radical (unpaired) electrons. The van der Waals surface area contributed by atoms with Gasteiger partial charge in [0.2, 0.25) is 0 Å². The van der Waals surface area contributed by atoms with E-state index in [1.165, 1.54) is 0 Å². The topological polar surface area (TPSA) is 181 Å². The second kappa shape index (κ2) is 8.22. The van der Waals surface area contributed by atoms with Crippen LogP contribution in [0.4, 0.5) is 3.89 Å². The standard InChI is InChI=1S/C14H13FN2O10S2/c15-28(22,23)9-3-1-8(2-4-9)13(20)16-6-5-12(19)27-17-11(18)7-10(14(17)21)29(24,25)26/h1-4,10H,5-7H2,(H,16,20)(H,24,25,26). The van der Waals surface area contributed by atoms with Crippen molar-refractivity contribution < 1.29 is 49.3 Å². The van der Waals surface area contributed by atoms with Crippen LogP contribution in [0.5, 0.6) is 0 Å². The van der Waals surface area contributed by atoms with Crippen molar-refractivity contribution in [3.8, 4) is 0 Å². The molecule has 1 aliphatic rings. The van der Waals surface area contributed by atoms with E-state index in [4.69, 9.17) is 4.55 Å². The van der Waals surface area contributed by atoms with E-state index in [1.54, 1.807) is 0 Å². The van der Waals surface area contributed by atoms with Crippen LogP contribution in [0.15, 0.2) is 29.2 Å². The minimum atomic E-state index is -4.91. The molecule has 1 aromatic rings. The molecule has 2 N–H and O–H groups in total. The highest BCUT2D eigenvalue weighted by Gasteiger charge is 2.48. The van der Waals surface area contributed by atoms with Crippen molar-refractivity contribution in [3.63, 3.8) is 0 Å². The number of amides is 3. The third-order valence-corrected chi connectivity index (χ3v) is 5.55. The molecule has 1 atom stereocenters. The number of nitrogens with zero attached hydrogens (tertiary/aromatic N) is 1. The molecule has 1 aliphatic heterocycles. The highest BCUT2D eigenvalue weighted by Crippen LogP contribution is 2.20. The summed E-state index contributed by atoms with van der Waals surface area (Å²) in [5, 5.41) is 0.134. The molecular formula is C14H13FN2O10S2. The predicted molar refractivity (Wildman–Crippen MR) is 89.6 cm³/mol. The Morgan fingerprint density at radius 3 is 2.24 bits per heavy atom. The molecule has 0 aliphatic carbocycles. The van der Waals surface area contributed by atoms with Crippen molar-refractivity contribution >= 4 is 44.0 Å². The molecule has 12 nitrogen and oxygen atoms in total. The molecule has 0 bridgehead atoms. The summed E-state index contributed by atoms with van der Waals surface area (Å²) < 4.78 is 65.0. The lowest BCUT2D eigenvalue weighted by Crippen LogP contribution is -2.37. The number of nitrogens with one attached hydrogen (secondary N) is 1. The Morgan fingerprint density at radius 1 is 1.17 bits per heavy atom. The van der Waals surface area contributed by atoms with E-state index in [9.17, 15) is 39.9 Å². The van der Waals surface area contributed by atoms with Crippen molar-refractivity contribution in [3.05, 3.63) is 29.8 Å². The van der Waals surface area contributed by atoms with Gasteiger partial charge in [-0.1, -0.05) is 0 Å². The minimum Gasteiger partial charge on any atom is -0.351 e. The number of carbonyl (C=O) groups excluding carboxylic acids is 4. The van der Waals surface area contributed by atoms with Crippen LogP contribution in [-0.4, -0.2) is 61.9 Å². The van der Waals surface area contributed by atoms with E-state index in [1.807, 2.05) is 0 Å². The van der Waals surface area contributed by atoms with Crippen LogP contribution in [0.25, 0.3) is 0 Å². The Hall–Kier alpha value is -2.91. The second-order valence-corrected chi connectivity index (χ2v) is 8.61. The SMILES string of the molecule is O=C(CCNC(=O)c1ccc(S(=O)(=O)F)cc1)ON1C(=O)CC(S(=O)(=O)O)C1=O. The molecule has 1 unspecified atom stereocenters. The van der Waals surface area contributed by atoms with Crippen LogP contribution in [0.3, 0.4) is 0 Å². The maximum Gasteiger partial charge on any atom is 0.334 e. The summed E-state index contributed by atoms with van der Waals surface area (Å²) in [6.07, 6.45) is -1.40. The van der Waals surface area contributed by atoms with Crippen LogP contribution < -0.4 is 5.32 Å². The molecule has 15 heteroatoms. The summed E-state index contributed by atoms with van der Waals surface area (Å²) >= 11 is 0. The van der Waals surface area contributed by atoms with E-state index >= 15 is 0 Å². The van der Waals surface area contributed by atoms with Gasteiger partial charge in [0.1, 0.15) is 0 Å². The van der Waals surface area contributed by atoms with Gasteiger partial charge in [0.05, 0.1) is 17.7 Å². The lowest BCUT2D eigenvalue weighted by atomic mass is 10.2. The monoisotopic (exact) mass is 452 g/mol. The maximum absolute atomic E-state index is 12.8. The average molecular weight is 452 g/mol. The van der Waals surface area contributed by atoms with Gasteiger partial charge < -0.3 is 10.2 Å². The molecule has 1 aromatic carbocycles. The van der Waals surface area contributed by atoms with Gasteiger partial charge in [-0.15, -0.1) is 8.95 Å². The largest absolute Gasteiger partial charge is 0.351 e. The zero-order valence-corrected chi connectivity index (χ0v) is 15.9. The Bertz CT molecular complexity index is 1070. The van der Waals surface area contributed by atoms with Crippen molar-refractivity contribution in [1.29, 1.82) is 0 Å². The van der Waals surface area contributed by atoms with Crippen molar-refractivity contribution in [1.82, 2.24) is 10.4 Å². The number of hydrogen-bond donors (Lipinski definition) is 2. The summed E-state index contributed by atoms with van der Waals surface area (Å²) in [4.78, 5) is 50.6. The third-order valence-electron chi connectivity index (χ3n) is 3.63. The van der Waals surface area contributed by atoms with E-state index < -0.39 is 67.0 Å². The molecule has 1 saturated heterocycles. The second-order valence-electron chi connectivity index (χ2n) is 5.67. The van der Waals surface area contributed by atoms with Gasteiger partial charge in [-0.05, 0) is 24.3 Å². The van der Waals surface area contributed by atoms with Crippen molar-refractivity contribution in [2.45, 2.75) is 23.0 Å². The number of halogens is 1. The van der Waals surface area contributed by atoms with E-state index in [0.29, 0.717) is 0 Å². The number of hydrogen-bond acceptors (Lipinski definition) is 9. The molecule has 0 aromatic heterocycles. The van der Waals surface area contributed by atoms with Crippen LogP contribution in [0.2, 0.25) is 0 Å².